The highest BCUT2D eigenvalue weighted by molar-refractivity contribution is 6.40. The summed E-state index contributed by atoms with van der Waals surface area (Å²) in [4.78, 5) is 33.3. The summed E-state index contributed by atoms with van der Waals surface area (Å²) in [6.07, 6.45) is 0. The fourth-order valence-corrected chi connectivity index (χ4v) is 1.80. The summed E-state index contributed by atoms with van der Waals surface area (Å²) >= 11 is 11.7. The minimum Gasteiger partial charge on any atom is -0.478 e. The molecular weight excluding hydrogens is 309 g/mol. The lowest BCUT2D eigenvalue weighted by molar-refractivity contribution is -0.119. The average Bonchev–Trinajstić information content (AvgIpc) is 2.39. The third kappa shape index (κ3) is 4.29. The number of urea groups is 1. The van der Waals surface area contributed by atoms with E-state index in [0.29, 0.717) is 0 Å². The van der Waals surface area contributed by atoms with Gasteiger partial charge in [0, 0.05) is 7.05 Å². The average molecular weight is 320 g/mol. The van der Waals surface area contributed by atoms with Gasteiger partial charge in [0.05, 0.1) is 27.8 Å². The van der Waals surface area contributed by atoms with Crippen molar-refractivity contribution < 1.29 is 19.5 Å². The van der Waals surface area contributed by atoms with Crippen molar-refractivity contribution in [2.75, 3.05) is 18.9 Å². The Morgan fingerprint density at radius 1 is 1.20 bits per heavy atom. The molecule has 1 aromatic rings. The van der Waals surface area contributed by atoms with Crippen LogP contribution in [-0.2, 0) is 4.79 Å². The van der Waals surface area contributed by atoms with Crippen LogP contribution in [0.25, 0.3) is 0 Å². The van der Waals surface area contributed by atoms with Crippen LogP contribution in [0.2, 0.25) is 10.0 Å². The molecule has 0 spiro atoms. The van der Waals surface area contributed by atoms with Gasteiger partial charge in [0.2, 0.25) is 5.91 Å². The molecule has 0 atom stereocenters. The summed E-state index contributed by atoms with van der Waals surface area (Å²) in [6, 6.07) is 1.62. The summed E-state index contributed by atoms with van der Waals surface area (Å²) < 4.78 is 0. The predicted molar refractivity (Wildman–Crippen MR) is 74.5 cm³/mol. The molecule has 1 aromatic carbocycles. The Morgan fingerprint density at radius 2 is 1.75 bits per heavy atom. The minimum absolute atomic E-state index is 0.0232. The molecule has 3 amide bonds. The number of anilines is 1. The van der Waals surface area contributed by atoms with Crippen molar-refractivity contribution in [2.24, 2.45) is 0 Å². The molecule has 7 nitrogen and oxygen atoms in total. The van der Waals surface area contributed by atoms with Crippen molar-refractivity contribution in [3.8, 4) is 0 Å². The van der Waals surface area contributed by atoms with Gasteiger partial charge >= 0.3 is 12.0 Å². The maximum Gasteiger partial charge on any atom is 0.335 e. The highest BCUT2D eigenvalue weighted by atomic mass is 35.5. The maximum atomic E-state index is 11.5. The summed E-state index contributed by atoms with van der Waals surface area (Å²) in [5.41, 5.74) is -0.0379. The Labute approximate surface area is 124 Å². The number of hydrogen-bond donors (Lipinski definition) is 4. The first-order valence-electron chi connectivity index (χ1n) is 5.33. The first kappa shape index (κ1) is 16.1. The molecule has 20 heavy (non-hydrogen) atoms. The Hall–Kier alpha value is -1.99. The highest BCUT2D eigenvalue weighted by Gasteiger charge is 2.14. The third-order valence-electron chi connectivity index (χ3n) is 2.22. The second-order valence-electron chi connectivity index (χ2n) is 3.60. The number of hydrogen-bond acceptors (Lipinski definition) is 3. The number of carbonyl (C=O) groups is 3. The van der Waals surface area contributed by atoms with E-state index in [1.54, 1.807) is 0 Å². The first-order valence-corrected chi connectivity index (χ1v) is 6.08. The lowest BCUT2D eigenvalue weighted by atomic mass is 10.2. The summed E-state index contributed by atoms with van der Waals surface area (Å²) in [5, 5.41) is 15.7. The molecule has 1 rings (SSSR count). The van der Waals surface area contributed by atoms with Gasteiger partial charge in [-0.2, -0.15) is 0 Å². The standard InChI is InChI=1S/C11H11Cl2N3O4/c1-14-8(17)4-15-11(20)16-9-6(12)2-5(10(18)19)3-7(9)13/h2-3H,4H2,1H3,(H,14,17)(H,18,19)(H2,15,16,20). The second kappa shape index (κ2) is 6.97. The van der Waals surface area contributed by atoms with Crippen LogP contribution in [0.5, 0.6) is 0 Å². The van der Waals surface area contributed by atoms with Crippen molar-refractivity contribution in [3.63, 3.8) is 0 Å². The molecule has 0 radical (unpaired) electrons. The monoisotopic (exact) mass is 319 g/mol. The molecule has 108 valence electrons. The first-order chi connectivity index (χ1) is 9.35. The number of likely N-dealkylation sites (N-methyl/N-ethyl adjacent to an activating group) is 1. The van der Waals surface area contributed by atoms with Gasteiger partial charge < -0.3 is 21.1 Å². The zero-order chi connectivity index (χ0) is 15.3. The van der Waals surface area contributed by atoms with Crippen molar-refractivity contribution in [2.45, 2.75) is 0 Å². The summed E-state index contributed by atoms with van der Waals surface area (Å²) in [7, 11) is 1.43. The van der Waals surface area contributed by atoms with Gasteiger partial charge in [-0.3, -0.25) is 4.79 Å². The Kier molecular flexibility index (Phi) is 5.60. The molecule has 0 fully saturated rings. The zero-order valence-corrected chi connectivity index (χ0v) is 11.8. The smallest absolute Gasteiger partial charge is 0.335 e. The lowest BCUT2D eigenvalue weighted by Crippen LogP contribution is -2.37. The van der Waals surface area contributed by atoms with E-state index in [1.807, 2.05) is 0 Å². The van der Waals surface area contributed by atoms with Crippen LogP contribution in [0.4, 0.5) is 10.5 Å². The van der Waals surface area contributed by atoms with E-state index in [-0.39, 0.29) is 33.7 Å². The number of benzene rings is 1. The molecular formula is C11H11Cl2N3O4. The SMILES string of the molecule is CNC(=O)CNC(=O)Nc1c(Cl)cc(C(=O)O)cc1Cl. The number of aromatic carboxylic acids is 1. The Bertz CT molecular complexity index is 540. The van der Waals surface area contributed by atoms with Crippen LogP contribution in [0, 0.1) is 0 Å². The van der Waals surface area contributed by atoms with Gasteiger partial charge in [0.1, 0.15) is 0 Å². The van der Waals surface area contributed by atoms with Crippen LogP contribution in [-0.4, -0.2) is 36.6 Å². The summed E-state index contributed by atoms with van der Waals surface area (Å²) in [5.74, 6) is -1.57. The zero-order valence-electron chi connectivity index (χ0n) is 10.3. The van der Waals surface area contributed by atoms with Gasteiger partial charge in [-0.25, -0.2) is 9.59 Å². The van der Waals surface area contributed by atoms with E-state index in [4.69, 9.17) is 28.3 Å². The minimum atomic E-state index is -1.19. The van der Waals surface area contributed by atoms with E-state index in [2.05, 4.69) is 16.0 Å². The lowest BCUT2D eigenvalue weighted by Gasteiger charge is -2.11. The topological polar surface area (TPSA) is 108 Å². The number of nitrogens with one attached hydrogen (secondary N) is 3. The molecule has 0 bridgehead atoms. The fraction of sp³-hybridized carbons (Fsp3) is 0.182. The van der Waals surface area contributed by atoms with Crippen LogP contribution in [0.15, 0.2) is 12.1 Å². The van der Waals surface area contributed by atoms with Gasteiger partial charge in [-0.05, 0) is 12.1 Å². The molecule has 0 saturated carbocycles. The molecule has 0 saturated heterocycles. The van der Waals surface area contributed by atoms with E-state index >= 15 is 0 Å². The van der Waals surface area contributed by atoms with Gasteiger partial charge in [-0.15, -0.1) is 0 Å². The second-order valence-corrected chi connectivity index (χ2v) is 4.42. The van der Waals surface area contributed by atoms with Crippen molar-refractivity contribution >= 4 is 46.8 Å². The third-order valence-corrected chi connectivity index (χ3v) is 2.81. The van der Waals surface area contributed by atoms with Crippen LogP contribution >= 0.6 is 23.2 Å². The van der Waals surface area contributed by atoms with Gasteiger partial charge in [-0.1, -0.05) is 23.2 Å². The van der Waals surface area contributed by atoms with Crippen LogP contribution < -0.4 is 16.0 Å². The van der Waals surface area contributed by atoms with Gasteiger partial charge in [0.15, 0.2) is 0 Å². The Morgan fingerprint density at radius 3 is 2.20 bits per heavy atom. The normalized spacial score (nSPS) is 9.75. The fourth-order valence-electron chi connectivity index (χ4n) is 1.22. The molecule has 0 aromatic heterocycles. The molecule has 4 N–H and O–H groups in total. The van der Waals surface area contributed by atoms with E-state index < -0.39 is 12.0 Å². The summed E-state index contributed by atoms with van der Waals surface area (Å²) in [6.45, 7) is -0.217. The molecule has 9 heteroatoms. The largest absolute Gasteiger partial charge is 0.478 e. The molecule has 0 unspecified atom stereocenters. The highest BCUT2D eigenvalue weighted by Crippen LogP contribution is 2.31. The molecule has 0 heterocycles. The van der Waals surface area contributed by atoms with E-state index in [1.165, 1.54) is 7.05 Å². The number of halogens is 2. The van der Waals surface area contributed by atoms with Crippen molar-refractivity contribution in [3.05, 3.63) is 27.7 Å². The molecule has 0 aliphatic rings. The number of amides is 3. The quantitative estimate of drug-likeness (QED) is 0.675. The molecule has 0 aliphatic carbocycles. The number of carboxylic acid groups (broad SMARTS) is 1. The van der Waals surface area contributed by atoms with E-state index in [0.717, 1.165) is 12.1 Å². The van der Waals surface area contributed by atoms with Crippen molar-refractivity contribution in [1.29, 1.82) is 0 Å². The predicted octanol–water partition coefficient (Wildman–Crippen LogP) is 1.56. The number of carboxylic acids is 1. The number of carbonyl (C=O) groups excluding carboxylic acids is 2. The molecule has 0 aliphatic heterocycles. The van der Waals surface area contributed by atoms with Crippen molar-refractivity contribution in [1.82, 2.24) is 10.6 Å². The number of rotatable bonds is 4. The maximum absolute atomic E-state index is 11.5. The van der Waals surface area contributed by atoms with Gasteiger partial charge in [0.25, 0.3) is 0 Å². The van der Waals surface area contributed by atoms with Crippen LogP contribution in [0.3, 0.4) is 0 Å². The Balaban J connectivity index is 2.80. The van der Waals surface area contributed by atoms with E-state index in [9.17, 15) is 14.4 Å². The van der Waals surface area contributed by atoms with Crippen LogP contribution in [0.1, 0.15) is 10.4 Å².